The van der Waals surface area contributed by atoms with Crippen LogP contribution in [0.1, 0.15) is 49.9 Å². The van der Waals surface area contributed by atoms with Crippen LogP contribution in [0.25, 0.3) is 0 Å². The summed E-state index contributed by atoms with van der Waals surface area (Å²) in [5, 5.41) is 5.55. The number of carbonyl (C=O) groups excluding carboxylic acids is 3. The summed E-state index contributed by atoms with van der Waals surface area (Å²) in [6.45, 7) is 0.598. The van der Waals surface area contributed by atoms with Crippen LogP contribution in [0.15, 0.2) is 84.9 Å². The van der Waals surface area contributed by atoms with Crippen LogP contribution >= 0.6 is 0 Å². The van der Waals surface area contributed by atoms with Crippen LogP contribution < -0.4 is 21.3 Å². The van der Waals surface area contributed by atoms with Crippen molar-refractivity contribution in [2.75, 3.05) is 10.2 Å². The number of hydrogen-bond donors (Lipinski definition) is 3. The Kier molecular flexibility index (Phi) is 7.84. The number of nitrogens with zero attached hydrogens (tertiary/aromatic N) is 1. The fourth-order valence-corrected chi connectivity index (χ4v) is 4.79. The Hall–Kier alpha value is -4.96. The Morgan fingerprint density at radius 2 is 1.56 bits per heavy atom. The van der Waals surface area contributed by atoms with Crippen molar-refractivity contribution in [3.8, 4) is 0 Å². The summed E-state index contributed by atoms with van der Waals surface area (Å²) in [5.74, 6) is -4.09. The lowest BCUT2D eigenvalue weighted by molar-refractivity contribution is -0.116. The number of benzene rings is 4. The minimum Gasteiger partial charge on any atom is -0.348 e. The van der Waals surface area contributed by atoms with E-state index >= 15 is 0 Å². The van der Waals surface area contributed by atoms with E-state index in [-0.39, 0.29) is 35.5 Å². The Bertz CT molecular complexity index is 1620. The molecule has 4 aromatic rings. The van der Waals surface area contributed by atoms with Gasteiger partial charge in [-0.05, 0) is 59.2 Å². The van der Waals surface area contributed by atoms with Crippen molar-refractivity contribution in [3.05, 3.63) is 130 Å². The maximum absolute atomic E-state index is 14.1. The van der Waals surface area contributed by atoms with E-state index in [1.807, 2.05) is 24.3 Å². The van der Waals surface area contributed by atoms with Gasteiger partial charge < -0.3 is 16.4 Å². The van der Waals surface area contributed by atoms with Crippen LogP contribution in [0, 0.1) is 17.5 Å². The summed E-state index contributed by atoms with van der Waals surface area (Å²) in [7, 11) is 0. The molecule has 0 spiro atoms. The van der Waals surface area contributed by atoms with Gasteiger partial charge in [0, 0.05) is 30.3 Å². The van der Waals surface area contributed by atoms with Crippen molar-refractivity contribution in [2.45, 2.75) is 25.6 Å². The van der Waals surface area contributed by atoms with Gasteiger partial charge in [-0.25, -0.2) is 13.2 Å². The molecule has 0 aliphatic carbocycles. The highest BCUT2D eigenvalue weighted by Gasteiger charge is 2.35. The second-order valence-electron chi connectivity index (χ2n) is 9.59. The van der Waals surface area contributed by atoms with E-state index < -0.39 is 41.2 Å². The van der Waals surface area contributed by atoms with Crippen molar-refractivity contribution in [2.24, 2.45) is 5.73 Å². The van der Waals surface area contributed by atoms with Gasteiger partial charge in [0.05, 0.1) is 23.8 Å². The van der Waals surface area contributed by atoms with E-state index in [1.165, 1.54) is 47.4 Å². The van der Waals surface area contributed by atoms with Gasteiger partial charge in [-0.2, -0.15) is 0 Å². The number of rotatable bonds is 6. The molecule has 0 fully saturated rings. The lowest BCUT2D eigenvalue weighted by atomic mass is 9.99. The van der Waals surface area contributed by atoms with Crippen LogP contribution in [0.3, 0.4) is 0 Å². The van der Waals surface area contributed by atoms with E-state index in [1.54, 1.807) is 0 Å². The van der Waals surface area contributed by atoms with Crippen molar-refractivity contribution in [1.82, 2.24) is 5.32 Å². The molecule has 1 aliphatic heterocycles. The van der Waals surface area contributed by atoms with Crippen LogP contribution in [-0.4, -0.2) is 17.7 Å². The molecule has 7 nitrogen and oxygen atoms in total. The molecule has 3 amide bonds. The molecular formula is C31H25F3N4O3. The third-order valence-electron chi connectivity index (χ3n) is 6.75. The number of amides is 3. The number of hydrogen-bond acceptors (Lipinski definition) is 4. The van der Waals surface area contributed by atoms with Gasteiger partial charge in [0.15, 0.2) is 0 Å². The molecule has 4 aromatic carbocycles. The summed E-state index contributed by atoms with van der Waals surface area (Å²) in [5.41, 5.74) is 8.18. The smallest absolute Gasteiger partial charge is 0.259 e. The molecule has 1 unspecified atom stereocenters. The molecule has 208 valence electrons. The Morgan fingerprint density at radius 3 is 2.27 bits per heavy atom. The highest BCUT2D eigenvalue weighted by Crippen LogP contribution is 2.40. The van der Waals surface area contributed by atoms with Gasteiger partial charge in [-0.3, -0.25) is 19.3 Å². The van der Waals surface area contributed by atoms with E-state index in [9.17, 15) is 27.6 Å². The highest BCUT2D eigenvalue weighted by molar-refractivity contribution is 6.12. The van der Waals surface area contributed by atoms with Crippen LogP contribution in [0.5, 0.6) is 0 Å². The van der Waals surface area contributed by atoms with Crippen molar-refractivity contribution >= 4 is 29.1 Å². The average molecular weight is 559 g/mol. The molecular weight excluding hydrogens is 533 g/mol. The lowest BCUT2D eigenvalue weighted by Gasteiger charge is -2.31. The predicted octanol–water partition coefficient (Wildman–Crippen LogP) is 5.22. The first-order chi connectivity index (χ1) is 19.7. The van der Waals surface area contributed by atoms with E-state index in [0.717, 1.165) is 23.3 Å². The number of nitrogens with two attached hydrogens (primary N) is 1. The molecule has 41 heavy (non-hydrogen) atoms. The first-order valence-electron chi connectivity index (χ1n) is 12.8. The fraction of sp³-hybridized carbons (Fsp3) is 0.129. The summed E-state index contributed by atoms with van der Waals surface area (Å²) in [6.07, 6.45) is -0.233. The molecule has 1 aliphatic rings. The molecule has 10 heteroatoms. The summed E-state index contributed by atoms with van der Waals surface area (Å²) in [6, 6.07) is 18.6. The lowest BCUT2D eigenvalue weighted by Crippen LogP contribution is -2.35. The highest BCUT2D eigenvalue weighted by atomic mass is 19.1. The van der Waals surface area contributed by atoms with Crippen molar-refractivity contribution in [1.29, 1.82) is 0 Å². The first kappa shape index (κ1) is 27.6. The van der Waals surface area contributed by atoms with E-state index in [2.05, 4.69) is 10.6 Å². The van der Waals surface area contributed by atoms with Crippen molar-refractivity contribution in [3.63, 3.8) is 0 Å². The van der Waals surface area contributed by atoms with Gasteiger partial charge in [0.1, 0.15) is 17.5 Å². The number of anilines is 2. The van der Waals surface area contributed by atoms with Gasteiger partial charge in [0.2, 0.25) is 5.91 Å². The Balaban J connectivity index is 1.52. The minimum absolute atomic E-state index is 0.155. The molecule has 1 atom stereocenters. The number of nitrogens with one attached hydrogen (secondary N) is 2. The standard InChI is InChI=1S/C31H25F3N4O3/c32-23-7-4-20(5-8-23)28-15-29(39)37-26-13-21(30(40)36-17-19-3-1-2-18(10-19)16-35)6-9-27(26)38(28)31(41)22-11-24(33)14-25(34)12-22/h1-14,28H,15-17,35H2,(H,36,40)(H,37,39). The SMILES string of the molecule is NCc1cccc(CNC(=O)c2ccc3c(c2)NC(=O)CC(c2ccc(F)cc2)N3C(=O)c2cc(F)cc(F)c2)c1. The second-order valence-corrected chi connectivity index (χ2v) is 9.59. The van der Waals surface area contributed by atoms with Gasteiger partial charge in [-0.15, -0.1) is 0 Å². The molecule has 1 heterocycles. The average Bonchev–Trinajstić information content (AvgIpc) is 3.10. The molecule has 0 aromatic heterocycles. The first-order valence-corrected chi connectivity index (χ1v) is 12.8. The Labute approximate surface area is 233 Å². The normalized spacial score (nSPS) is 14.6. The molecule has 0 saturated heterocycles. The zero-order valence-electron chi connectivity index (χ0n) is 21.7. The molecule has 0 radical (unpaired) electrons. The van der Waals surface area contributed by atoms with Crippen molar-refractivity contribution < 1.29 is 27.6 Å². The van der Waals surface area contributed by atoms with Gasteiger partial charge >= 0.3 is 0 Å². The zero-order chi connectivity index (χ0) is 29.1. The maximum atomic E-state index is 14.1. The maximum Gasteiger partial charge on any atom is 0.259 e. The summed E-state index contributed by atoms with van der Waals surface area (Å²) >= 11 is 0. The van der Waals surface area contributed by atoms with E-state index in [0.29, 0.717) is 18.2 Å². The minimum atomic E-state index is -0.944. The zero-order valence-corrected chi connectivity index (χ0v) is 21.7. The quantitative estimate of drug-likeness (QED) is 0.302. The number of halogens is 3. The van der Waals surface area contributed by atoms with Gasteiger partial charge in [-0.1, -0.05) is 36.4 Å². The number of carbonyl (C=O) groups is 3. The topological polar surface area (TPSA) is 105 Å². The molecule has 4 N–H and O–H groups in total. The Morgan fingerprint density at radius 1 is 0.854 bits per heavy atom. The molecule has 0 saturated carbocycles. The second kappa shape index (κ2) is 11.6. The molecule has 0 bridgehead atoms. The molecule has 5 rings (SSSR count). The van der Waals surface area contributed by atoms with Crippen LogP contribution in [-0.2, 0) is 17.9 Å². The van der Waals surface area contributed by atoms with Crippen LogP contribution in [0.4, 0.5) is 24.5 Å². The monoisotopic (exact) mass is 558 g/mol. The van der Waals surface area contributed by atoms with E-state index in [4.69, 9.17) is 5.73 Å². The third-order valence-corrected chi connectivity index (χ3v) is 6.75. The largest absolute Gasteiger partial charge is 0.348 e. The summed E-state index contributed by atoms with van der Waals surface area (Å²) < 4.78 is 41.8. The third kappa shape index (κ3) is 6.12. The summed E-state index contributed by atoms with van der Waals surface area (Å²) in [4.78, 5) is 41.0. The van der Waals surface area contributed by atoms with Gasteiger partial charge in [0.25, 0.3) is 11.8 Å². The fourth-order valence-electron chi connectivity index (χ4n) is 4.79. The number of fused-ring (bicyclic) bond motifs is 1. The van der Waals surface area contributed by atoms with Crippen LogP contribution in [0.2, 0.25) is 0 Å². The predicted molar refractivity (Wildman–Crippen MR) is 148 cm³/mol.